The van der Waals surface area contributed by atoms with Gasteiger partial charge in [0.1, 0.15) is 6.10 Å². The molecule has 0 bridgehead atoms. The van der Waals surface area contributed by atoms with Gasteiger partial charge < -0.3 is 15.5 Å². The van der Waals surface area contributed by atoms with Crippen LogP contribution in [0.25, 0.3) is 0 Å². The summed E-state index contributed by atoms with van der Waals surface area (Å²) in [4.78, 5) is 21.7. The normalized spacial score (nSPS) is 13.9. The second-order valence-corrected chi connectivity index (χ2v) is 3.37. The highest BCUT2D eigenvalue weighted by molar-refractivity contribution is 5.82. The lowest BCUT2D eigenvalue weighted by Gasteiger charge is -2.19. The smallest absolute Gasteiger partial charge is 0.329 e. The molecule has 0 aromatic heterocycles. The van der Waals surface area contributed by atoms with Crippen molar-refractivity contribution in [1.82, 2.24) is 5.32 Å². The minimum absolute atomic E-state index is 0.448. The maximum absolute atomic E-state index is 10.9. The van der Waals surface area contributed by atoms with Gasteiger partial charge in [-0.1, -0.05) is 30.3 Å². The molecular formula is C11H13NO4. The van der Waals surface area contributed by atoms with Gasteiger partial charge in [0.15, 0.2) is 6.04 Å². The SMILES string of the molecule is CC(=O)N[C@H](C(=O)O)[C@H](O)c1ccccc1. The molecule has 0 fully saturated rings. The van der Waals surface area contributed by atoms with Crippen LogP contribution < -0.4 is 5.32 Å². The summed E-state index contributed by atoms with van der Waals surface area (Å²) in [6.07, 6.45) is -1.26. The second-order valence-electron chi connectivity index (χ2n) is 3.37. The lowest BCUT2D eigenvalue weighted by molar-refractivity contribution is -0.145. The van der Waals surface area contributed by atoms with E-state index in [1.807, 2.05) is 0 Å². The van der Waals surface area contributed by atoms with Crippen molar-refractivity contribution in [2.24, 2.45) is 0 Å². The minimum Gasteiger partial charge on any atom is -0.480 e. The average Bonchev–Trinajstić information content (AvgIpc) is 2.25. The second kappa shape index (κ2) is 5.27. The lowest BCUT2D eigenvalue weighted by Crippen LogP contribution is -2.44. The standard InChI is InChI=1S/C11H13NO4/c1-7(13)12-9(11(15)16)10(14)8-5-3-2-4-6-8/h2-6,9-10,14H,1H3,(H,12,13)(H,15,16)/t9-,10+/m0/s1. The van der Waals surface area contributed by atoms with Gasteiger partial charge in [-0.3, -0.25) is 4.79 Å². The molecule has 0 aliphatic heterocycles. The number of hydrogen-bond donors (Lipinski definition) is 3. The van der Waals surface area contributed by atoms with Crippen LogP contribution in [0.4, 0.5) is 0 Å². The maximum atomic E-state index is 10.9. The van der Waals surface area contributed by atoms with E-state index in [0.717, 1.165) is 0 Å². The number of carboxylic acid groups (broad SMARTS) is 1. The number of benzene rings is 1. The molecule has 0 aliphatic carbocycles. The van der Waals surface area contributed by atoms with Crippen LogP contribution in [0.2, 0.25) is 0 Å². The summed E-state index contributed by atoms with van der Waals surface area (Å²) >= 11 is 0. The topological polar surface area (TPSA) is 86.6 Å². The lowest BCUT2D eigenvalue weighted by atomic mass is 10.0. The van der Waals surface area contributed by atoms with E-state index in [1.54, 1.807) is 30.3 Å². The van der Waals surface area contributed by atoms with E-state index in [4.69, 9.17) is 5.11 Å². The van der Waals surface area contributed by atoms with Crippen LogP contribution in [-0.4, -0.2) is 28.1 Å². The van der Waals surface area contributed by atoms with Crippen LogP contribution in [0.1, 0.15) is 18.6 Å². The molecule has 0 heterocycles. The Morgan fingerprint density at radius 2 is 1.81 bits per heavy atom. The first-order chi connectivity index (χ1) is 7.52. The van der Waals surface area contributed by atoms with Gasteiger partial charge in [0, 0.05) is 6.92 Å². The Morgan fingerprint density at radius 1 is 1.25 bits per heavy atom. The van der Waals surface area contributed by atoms with Crippen molar-refractivity contribution < 1.29 is 19.8 Å². The number of aliphatic hydroxyl groups excluding tert-OH is 1. The molecule has 1 aromatic carbocycles. The van der Waals surface area contributed by atoms with Crippen LogP contribution in [0.3, 0.4) is 0 Å². The molecule has 5 heteroatoms. The van der Waals surface area contributed by atoms with E-state index in [1.165, 1.54) is 6.92 Å². The molecular weight excluding hydrogens is 210 g/mol. The zero-order valence-corrected chi connectivity index (χ0v) is 8.75. The van der Waals surface area contributed by atoms with Gasteiger partial charge in [0.25, 0.3) is 0 Å². The summed E-state index contributed by atoms with van der Waals surface area (Å²) in [6.45, 7) is 1.20. The Kier molecular flexibility index (Phi) is 4.02. The van der Waals surface area contributed by atoms with E-state index < -0.39 is 24.0 Å². The zero-order chi connectivity index (χ0) is 12.1. The molecule has 5 nitrogen and oxygen atoms in total. The van der Waals surface area contributed by atoms with Gasteiger partial charge >= 0.3 is 5.97 Å². The number of carbonyl (C=O) groups is 2. The predicted molar refractivity (Wildman–Crippen MR) is 56.6 cm³/mol. The van der Waals surface area contributed by atoms with Gasteiger partial charge in [-0.25, -0.2) is 4.79 Å². The van der Waals surface area contributed by atoms with Crippen molar-refractivity contribution in [3.63, 3.8) is 0 Å². The van der Waals surface area contributed by atoms with Crippen molar-refractivity contribution in [1.29, 1.82) is 0 Å². The molecule has 1 amide bonds. The fraction of sp³-hybridized carbons (Fsp3) is 0.273. The highest BCUT2D eigenvalue weighted by atomic mass is 16.4. The largest absolute Gasteiger partial charge is 0.480 e. The van der Waals surface area contributed by atoms with E-state index in [2.05, 4.69) is 5.32 Å². The van der Waals surface area contributed by atoms with Gasteiger partial charge in [-0.2, -0.15) is 0 Å². The van der Waals surface area contributed by atoms with Crippen molar-refractivity contribution in [3.8, 4) is 0 Å². The van der Waals surface area contributed by atoms with Gasteiger partial charge in [-0.15, -0.1) is 0 Å². The van der Waals surface area contributed by atoms with Crippen LogP contribution in [-0.2, 0) is 9.59 Å². The number of nitrogens with one attached hydrogen (secondary N) is 1. The Balaban J connectivity index is 2.87. The first-order valence-corrected chi connectivity index (χ1v) is 4.75. The molecule has 2 atom stereocenters. The number of amides is 1. The highest BCUT2D eigenvalue weighted by Crippen LogP contribution is 2.16. The Labute approximate surface area is 92.7 Å². The number of hydrogen-bond acceptors (Lipinski definition) is 3. The quantitative estimate of drug-likeness (QED) is 0.685. The highest BCUT2D eigenvalue weighted by Gasteiger charge is 2.28. The third kappa shape index (κ3) is 3.06. The van der Waals surface area contributed by atoms with Gasteiger partial charge in [-0.05, 0) is 5.56 Å². The third-order valence-electron chi connectivity index (χ3n) is 2.08. The van der Waals surface area contributed by atoms with Crippen LogP contribution in [0.15, 0.2) is 30.3 Å². The van der Waals surface area contributed by atoms with Crippen LogP contribution in [0.5, 0.6) is 0 Å². The molecule has 16 heavy (non-hydrogen) atoms. The summed E-state index contributed by atoms with van der Waals surface area (Å²) in [5.41, 5.74) is 0.448. The first kappa shape index (κ1) is 12.2. The van der Waals surface area contributed by atoms with Crippen LogP contribution in [0, 0.1) is 0 Å². The number of aliphatic hydroxyl groups is 1. The number of carboxylic acids is 1. The molecule has 0 saturated heterocycles. The number of carbonyl (C=O) groups excluding carboxylic acids is 1. The van der Waals surface area contributed by atoms with Crippen LogP contribution >= 0.6 is 0 Å². The maximum Gasteiger partial charge on any atom is 0.329 e. The summed E-state index contributed by atoms with van der Waals surface area (Å²) in [7, 11) is 0. The number of rotatable bonds is 4. The molecule has 1 rings (SSSR count). The van der Waals surface area contributed by atoms with Crippen molar-refractivity contribution in [3.05, 3.63) is 35.9 Å². The van der Waals surface area contributed by atoms with Gasteiger partial charge in [0.05, 0.1) is 0 Å². The molecule has 86 valence electrons. The molecule has 0 spiro atoms. The zero-order valence-electron chi connectivity index (χ0n) is 8.75. The molecule has 0 radical (unpaired) electrons. The van der Waals surface area contributed by atoms with Gasteiger partial charge in [0.2, 0.25) is 5.91 Å². The number of aliphatic carboxylic acids is 1. The summed E-state index contributed by atoms with van der Waals surface area (Å²) in [5.74, 6) is -1.77. The molecule has 1 aromatic rings. The fourth-order valence-corrected chi connectivity index (χ4v) is 1.34. The van der Waals surface area contributed by atoms with E-state index in [0.29, 0.717) is 5.56 Å². The molecule has 3 N–H and O–H groups in total. The molecule has 0 aliphatic rings. The van der Waals surface area contributed by atoms with E-state index in [9.17, 15) is 14.7 Å². The monoisotopic (exact) mass is 223 g/mol. The van der Waals surface area contributed by atoms with Crippen molar-refractivity contribution >= 4 is 11.9 Å². The summed E-state index contributed by atoms with van der Waals surface area (Å²) in [5, 5.41) is 20.9. The minimum atomic E-state index is -1.33. The van der Waals surface area contributed by atoms with E-state index in [-0.39, 0.29) is 0 Å². The summed E-state index contributed by atoms with van der Waals surface area (Å²) in [6, 6.07) is 6.99. The Hall–Kier alpha value is -1.88. The average molecular weight is 223 g/mol. The fourth-order valence-electron chi connectivity index (χ4n) is 1.34. The first-order valence-electron chi connectivity index (χ1n) is 4.75. The van der Waals surface area contributed by atoms with E-state index >= 15 is 0 Å². The Morgan fingerprint density at radius 3 is 2.25 bits per heavy atom. The molecule has 0 unspecified atom stereocenters. The predicted octanol–water partition coefficient (Wildman–Crippen LogP) is 0.309. The van der Waals surface area contributed by atoms with Crippen molar-refractivity contribution in [2.75, 3.05) is 0 Å². The molecule has 0 saturated carbocycles. The third-order valence-corrected chi connectivity index (χ3v) is 2.08. The van der Waals surface area contributed by atoms with Crippen molar-refractivity contribution in [2.45, 2.75) is 19.1 Å². The Bertz CT molecular complexity index is 377. The summed E-state index contributed by atoms with van der Waals surface area (Å²) < 4.78 is 0.